The summed E-state index contributed by atoms with van der Waals surface area (Å²) in [5, 5.41) is 1.06. The lowest BCUT2D eigenvalue weighted by atomic mass is 10.2. The number of halogens is 2. The predicted octanol–water partition coefficient (Wildman–Crippen LogP) is 9.10. The van der Waals surface area contributed by atoms with E-state index in [9.17, 15) is 0 Å². The van der Waals surface area contributed by atoms with Crippen LogP contribution in [0.1, 0.15) is 47.5 Å². The molecule has 1 aromatic heterocycles. The molecule has 0 aliphatic rings. The van der Waals surface area contributed by atoms with Crippen LogP contribution in [0.4, 0.5) is 0 Å². The molecule has 0 bridgehead atoms. The number of fused-ring (bicyclic) bond motifs is 1. The van der Waals surface area contributed by atoms with Gasteiger partial charge in [0, 0.05) is 46.8 Å². The molecule has 0 saturated carbocycles. The van der Waals surface area contributed by atoms with Gasteiger partial charge in [0.25, 0.3) is 0 Å². The summed E-state index contributed by atoms with van der Waals surface area (Å²) in [6.07, 6.45) is 2.15. The van der Waals surface area contributed by atoms with E-state index in [1.54, 1.807) is 18.2 Å². The van der Waals surface area contributed by atoms with E-state index in [-0.39, 0.29) is 0 Å². The molecule has 4 rings (SSSR count). The Hall–Kier alpha value is -2.73. The number of rotatable bonds is 12. The summed E-state index contributed by atoms with van der Waals surface area (Å²) in [6, 6.07) is 20.3. The Morgan fingerprint density at radius 1 is 0.868 bits per heavy atom. The highest BCUT2D eigenvalue weighted by molar-refractivity contribution is 6.34. The Kier molecular flexibility index (Phi) is 9.59. The molecule has 0 N–H and O–H groups in total. The van der Waals surface area contributed by atoms with Crippen LogP contribution in [0.15, 0.2) is 60.7 Å². The van der Waals surface area contributed by atoms with Crippen molar-refractivity contribution in [2.45, 2.75) is 66.1 Å². The first-order valence-corrected chi connectivity index (χ1v) is 14.1. The van der Waals surface area contributed by atoms with Gasteiger partial charge in [-0.25, -0.2) is 4.98 Å². The zero-order chi connectivity index (χ0) is 27.2. The van der Waals surface area contributed by atoms with E-state index >= 15 is 0 Å². The van der Waals surface area contributed by atoms with Gasteiger partial charge in [-0.2, -0.15) is 0 Å². The number of unbranched alkanes of at least 4 members (excludes halogenated alkanes) is 1. The summed E-state index contributed by atoms with van der Waals surface area (Å²) in [5.41, 5.74) is 3.00. The van der Waals surface area contributed by atoms with E-state index in [0.717, 1.165) is 54.1 Å². The molecule has 202 valence electrons. The van der Waals surface area contributed by atoms with Crippen molar-refractivity contribution in [2.75, 3.05) is 13.2 Å². The fraction of sp³-hybridized carbons (Fsp3) is 0.387. The summed E-state index contributed by atoms with van der Waals surface area (Å²) in [5.74, 6) is 3.06. The monoisotopic (exact) mass is 553 g/mol. The van der Waals surface area contributed by atoms with Gasteiger partial charge in [-0.1, -0.05) is 48.7 Å². The third-order valence-corrected chi connectivity index (χ3v) is 7.00. The fourth-order valence-electron chi connectivity index (χ4n) is 4.76. The fourth-order valence-corrected chi connectivity index (χ4v) is 5.27. The normalized spacial score (nSPS) is 11.7. The van der Waals surface area contributed by atoms with Gasteiger partial charge < -0.3 is 14.0 Å². The highest BCUT2D eigenvalue weighted by Crippen LogP contribution is 2.33. The van der Waals surface area contributed by atoms with Crippen molar-refractivity contribution in [1.29, 1.82) is 0 Å². The van der Waals surface area contributed by atoms with Gasteiger partial charge in [-0.3, -0.25) is 4.90 Å². The maximum Gasteiger partial charge on any atom is 0.141 e. The lowest BCUT2D eigenvalue weighted by Crippen LogP contribution is -2.39. The van der Waals surface area contributed by atoms with E-state index in [1.165, 1.54) is 0 Å². The van der Waals surface area contributed by atoms with Crippen LogP contribution < -0.4 is 9.47 Å². The highest BCUT2D eigenvalue weighted by Gasteiger charge is 2.16. The molecule has 7 heteroatoms. The summed E-state index contributed by atoms with van der Waals surface area (Å²) >= 11 is 12.3. The first-order chi connectivity index (χ1) is 18.2. The maximum atomic E-state index is 6.20. The van der Waals surface area contributed by atoms with Crippen molar-refractivity contribution in [2.24, 2.45) is 0 Å². The number of hydrogen-bond acceptors (Lipinski definition) is 4. The quantitative estimate of drug-likeness (QED) is 0.175. The molecule has 5 nitrogen and oxygen atoms in total. The summed E-state index contributed by atoms with van der Waals surface area (Å²) in [7, 11) is 0. The van der Waals surface area contributed by atoms with E-state index in [0.29, 0.717) is 40.2 Å². The second kappa shape index (κ2) is 12.9. The maximum absolute atomic E-state index is 6.20. The second-order valence-electron chi connectivity index (χ2n) is 10.1. The molecular formula is C31H37Cl2N3O2. The van der Waals surface area contributed by atoms with E-state index in [4.69, 9.17) is 37.7 Å². The number of hydrogen-bond donors (Lipinski definition) is 0. The molecule has 38 heavy (non-hydrogen) atoms. The summed E-state index contributed by atoms with van der Waals surface area (Å²) in [6.45, 7) is 13.5. The molecule has 4 aromatic rings. The molecule has 0 aliphatic heterocycles. The van der Waals surface area contributed by atoms with Crippen LogP contribution in [0.2, 0.25) is 10.0 Å². The van der Waals surface area contributed by atoms with E-state index in [2.05, 4.69) is 56.2 Å². The molecular weight excluding hydrogens is 517 g/mol. The summed E-state index contributed by atoms with van der Waals surface area (Å²) < 4.78 is 14.6. The zero-order valence-electron chi connectivity index (χ0n) is 22.9. The second-order valence-corrected chi connectivity index (χ2v) is 11.0. The number of ether oxygens (including phenoxy) is 2. The molecule has 1 heterocycles. The van der Waals surface area contributed by atoms with Gasteiger partial charge >= 0.3 is 0 Å². The van der Waals surface area contributed by atoms with Crippen LogP contribution in [0, 0.1) is 0 Å². The lowest BCUT2D eigenvalue weighted by molar-refractivity contribution is 0.142. The number of aryl methyl sites for hydroxylation is 1. The van der Waals surface area contributed by atoms with Crippen molar-refractivity contribution >= 4 is 34.2 Å². The minimum atomic E-state index is 0.481. The van der Waals surface area contributed by atoms with Crippen LogP contribution >= 0.6 is 23.2 Å². The molecule has 0 unspecified atom stereocenters. The van der Waals surface area contributed by atoms with Crippen LogP contribution in [-0.2, 0) is 6.54 Å². The molecule has 0 fully saturated rings. The molecule has 0 spiro atoms. The first kappa shape index (κ1) is 28.3. The van der Waals surface area contributed by atoms with Gasteiger partial charge in [0.05, 0.1) is 11.0 Å². The molecule has 0 saturated heterocycles. The standard InChI is InChI=1S/C31H37Cl2N3O2/c1-6-7-13-36-30-20-26(37-15-14-35(21(2)3)22(4)5)11-12-29(30)34-31(36)23-9-8-10-27(16-23)38-28-18-24(32)17-25(33)19-28/h8-12,16-22H,6-7,13-15H2,1-5H3. The Bertz CT molecular complexity index is 1340. The SMILES string of the molecule is CCCCn1c(-c2cccc(Oc3cc(Cl)cc(Cl)c3)c2)nc2ccc(OCCN(C(C)C)C(C)C)cc21. The Morgan fingerprint density at radius 3 is 2.29 bits per heavy atom. The minimum absolute atomic E-state index is 0.481. The van der Waals surface area contributed by atoms with Gasteiger partial charge in [0.1, 0.15) is 29.7 Å². The Labute approximate surface area is 236 Å². The Morgan fingerprint density at radius 2 is 1.61 bits per heavy atom. The average molecular weight is 555 g/mol. The topological polar surface area (TPSA) is 39.5 Å². The predicted molar refractivity (Wildman–Crippen MR) is 159 cm³/mol. The molecule has 3 aromatic carbocycles. The molecule has 0 aliphatic carbocycles. The zero-order valence-corrected chi connectivity index (χ0v) is 24.4. The number of aromatic nitrogens is 2. The van der Waals surface area contributed by atoms with Crippen LogP contribution in [0.5, 0.6) is 17.2 Å². The van der Waals surface area contributed by atoms with Crippen LogP contribution in [0.3, 0.4) is 0 Å². The Balaban J connectivity index is 1.61. The van der Waals surface area contributed by atoms with Gasteiger partial charge in [-0.15, -0.1) is 0 Å². The van der Waals surface area contributed by atoms with E-state index < -0.39 is 0 Å². The van der Waals surface area contributed by atoms with Gasteiger partial charge in [0.2, 0.25) is 0 Å². The van der Waals surface area contributed by atoms with Crippen LogP contribution in [-0.4, -0.2) is 39.7 Å². The van der Waals surface area contributed by atoms with Crippen molar-refractivity contribution in [1.82, 2.24) is 14.5 Å². The van der Waals surface area contributed by atoms with Crippen molar-refractivity contribution in [3.63, 3.8) is 0 Å². The minimum Gasteiger partial charge on any atom is -0.492 e. The third-order valence-electron chi connectivity index (χ3n) is 6.56. The van der Waals surface area contributed by atoms with Crippen molar-refractivity contribution < 1.29 is 9.47 Å². The van der Waals surface area contributed by atoms with Gasteiger partial charge in [0.15, 0.2) is 0 Å². The van der Waals surface area contributed by atoms with Gasteiger partial charge in [-0.05, 0) is 76.6 Å². The van der Waals surface area contributed by atoms with E-state index in [1.807, 2.05) is 30.3 Å². The smallest absolute Gasteiger partial charge is 0.141 e. The number of nitrogens with zero attached hydrogens (tertiary/aromatic N) is 3. The van der Waals surface area contributed by atoms with Crippen molar-refractivity contribution in [3.05, 3.63) is 70.7 Å². The van der Waals surface area contributed by atoms with Crippen molar-refractivity contribution in [3.8, 4) is 28.6 Å². The first-order valence-electron chi connectivity index (χ1n) is 13.4. The van der Waals surface area contributed by atoms with Crippen LogP contribution in [0.25, 0.3) is 22.4 Å². The average Bonchev–Trinajstić information content (AvgIpc) is 3.22. The highest BCUT2D eigenvalue weighted by atomic mass is 35.5. The molecule has 0 radical (unpaired) electrons. The molecule has 0 amide bonds. The molecule has 0 atom stereocenters. The third kappa shape index (κ3) is 7.02. The lowest BCUT2D eigenvalue weighted by Gasteiger charge is -2.30. The number of benzene rings is 3. The number of imidazole rings is 1. The summed E-state index contributed by atoms with van der Waals surface area (Å²) in [4.78, 5) is 7.45. The largest absolute Gasteiger partial charge is 0.492 e.